The molecule has 2 rings (SSSR count). The van der Waals surface area contributed by atoms with E-state index in [9.17, 15) is 4.79 Å². The van der Waals surface area contributed by atoms with Crippen molar-refractivity contribution < 1.29 is 4.79 Å². The summed E-state index contributed by atoms with van der Waals surface area (Å²) in [6, 6.07) is 1.33. The second kappa shape index (κ2) is 4.80. The Kier molecular flexibility index (Phi) is 3.36. The van der Waals surface area contributed by atoms with Crippen LogP contribution in [-0.2, 0) is 4.79 Å². The Morgan fingerprint density at radius 2 is 2.17 bits per heavy atom. The summed E-state index contributed by atoms with van der Waals surface area (Å²) in [6.07, 6.45) is 2.24. The maximum Gasteiger partial charge on any atom is 0.244 e. The van der Waals surface area contributed by atoms with Crippen molar-refractivity contribution >= 4 is 17.5 Å². The Labute approximate surface area is 107 Å². The molecule has 1 aliphatic carbocycles. The summed E-state index contributed by atoms with van der Waals surface area (Å²) in [7, 11) is 3.45. The second-order valence-corrected chi connectivity index (χ2v) is 4.91. The van der Waals surface area contributed by atoms with E-state index >= 15 is 0 Å². The number of nitrogens with zero attached hydrogens (tertiary/aromatic N) is 3. The van der Waals surface area contributed by atoms with Gasteiger partial charge in [-0.1, -0.05) is 0 Å². The molecule has 3 N–H and O–H groups in total. The van der Waals surface area contributed by atoms with Gasteiger partial charge in [-0.05, 0) is 19.8 Å². The van der Waals surface area contributed by atoms with Crippen LogP contribution in [0.15, 0.2) is 6.07 Å². The molecule has 18 heavy (non-hydrogen) atoms. The van der Waals surface area contributed by atoms with E-state index in [2.05, 4.69) is 15.3 Å². The topological polar surface area (TPSA) is 84.1 Å². The molecule has 0 aliphatic heterocycles. The van der Waals surface area contributed by atoms with E-state index < -0.39 is 0 Å². The minimum atomic E-state index is -0.332. The van der Waals surface area contributed by atoms with Gasteiger partial charge in [0.05, 0.1) is 0 Å². The molecule has 1 fully saturated rings. The fourth-order valence-corrected chi connectivity index (χ4v) is 1.75. The van der Waals surface area contributed by atoms with Gasteiger partial charge in [-0.15, -0.1) is 0 Å². The van der Waals surface area contributed by atoms with Crippen LogP contribution in [0.5, 0.6) is 0 Å². The smallest absolute Gasteiger partial charge is 0.244 e. The van der Waals surface area contributed by atoms with Crippen LogP contribution in [0.25, 0.3) is 0 Å². The highest BCUT2D eigenvalue weighted by atomic mass is 16.2. The van der Waals surface area contributed by atoms with Gasteiger partial charge < -0.3 is 16.0 Å². The zero-order valence-electron chi connectivity index (χ0n) is 11.0. The summed E-state index contributed by atoms with van der Waals surface area (Å²) in [5, 5.41) is 3.06. The van der Waals surface area contributed by atoms with E-state index in [0.29, 0.717) is 17.6 Å². The van der Waals surface area contributed by atoms with Gasteiger partial charge in [-0.2, -0.15) is 0 Å². The molecule has 1 aromatic heterocycles. The number of aromatic nitrogens is 2. The third-order valence-corrected chi connectivity index (χ3v) is 2.88. The van der Waals surface area contributed by atoms with E-state index in [-0.39, 0.29) is 11.9 Å². The first-order valence-electron chi connectivity index (χ1n) is 6.09. The number of amides is 1. The highest BCUT2D eigenvalue weighted by Gasteiger charge is 2.27. The highest BCUT2D eigenvalue weighted by Crippen LogP contribution is 2.38. The Morgan fingerprint density at radius 3 is 2.72 bits per heavy atom. The summed E-state index contributed by atoms with van der Waals surface area (Å²) in [5.41, 5.74) is 5.75. The summed E-state index contributed by atoms with van der Waals surface area (Å²) in [6.45, 7) is 1.80. The first-order chi connectivity index (χ1) is 8.47. The highest BCUT2D eigenvalue weighted by molar-refractivity contribution is 5.83. The fourth-order valence-electron chi connectivity index (χ4n) is 1.75. The lowest BCUT2D eigenvalue weighted by molar-refractivity contribution is -0.129. The molecular formula is C12H19N5O. The predicted molar refractivity (Wildman–Crippen MR) is 70.2 cm³/mol. The van der Waals surface area contributed by atoms with Gasteiger partial charge in [0.15, 0.2) is 0 Å². The van der Waals surface area contributed by atoms with Crippen LogP contribution in [0.2, 0.25) is 0 Å². The van der Waals surface area contributed by atoms with Crippen molar-refractivity contribution in [2.24, 2.45) is 0 Å². The van der Waals surface area contributed by atoms with Crippen LogP contribution >= 0.6 is 0 Å². The van der Waals surface area contributed by atoms with E-state index in [4.69, 9.17) is 5.73 Å². The lowest BCUT2D eigenvalue weighted by Gasteiger charge is -2.18. The minimum absolute atomic E-state index is 0.000144. The molecule has 0 spiro atoms. The van der Waals surface area contributed by atoms with Crippen molar-refractivity contribution in [3.8, 4) is 0 Å². The lowest BCUT2D eigenvalue weighted by Crippen LogP contribution is -2.36. The molecule has 1 aliphatic rings. The van der Waals surface area contributed by atoms with Gasteiger partial charge in [0.2, 0.25) is 5.91 Å². The Bertz CT molecular complexity index is 456. The van der Waals surface area contributed by atoms with Gasteiger partial charge in [-0.25, -0.2) is 9.97 Å². The number of anilines is 2. The van der Waals surface area contributed by atoms with Crippen molar-refractivity contribution in [2.75, 3.05) is 25.1 Å². The third kappa shape index (κ3) is 2.88. The molecule has 1 heterocycles. The SMILES string of the molecule is CC(Nc1cc(N)nc(C2CC2)n1)C(=O)N(C)C. The van der Waals surface area contributed by atoms with Crippen molar-refractivity contribution in [1.29, 1.82) is 0 Å². The van der Waals surface area contributed by atoms with Crippen molar-refractivity contribution in [1.82, 2.24) is 14.9 Å². The molecule has 0 saturated heterocycles. The minimum Gasteiger partial charge on any atom is -0.384 e. The number of hydrogen-bond acceptors (Lipinski definition) is 5. The predicted octanol–water partition coefficient (Wildman–Crippen LogP) is 0.825. The molecule has 1 saturated carbocycles. The molecule has 1 amide bonds. The molecule has 1 aromatic rings. The molecule has 0 aromatic carbocycles. The van der Waals surface area contributed by atoms with Crippen LogP contribution in [0.3, 0.4) is 0 Å². The maximum atomic E-state index is 11.8. The largest absolute Gasteiger partial charge is 0.384 e. The summed E-state index contributed by atoms with van der Waals surface area (Å²) < 4.78 is 0. The van der Waals surface area contributed by atoms with E-state index in [1.54, 1.807) is 32.0 Å². The van der Waals surface area contributed by atoms with Gasteiger partial charge in [0.25, 0.3) is 0 Å². The number of likely N-dealkylation sites (N-methyl/N-ethyl adjacent to an activating group) is 1. The van der Waals surface area contributed by atoms with Gasteiger partial charge in [-0.3, -0.25) is 4.79 Å². The monoisotopic (exact) mass is 249 g/mol. The maximum absolute atomic E-state index is 11.8. The molecule has 0 radical (unpaired) electrons. The molecular weight excluding hydrogens is 230 g/mol. The number of nitrogens with one attached hydrogen (secondary N) is 1. The molecule has 98 valence electrons. The molecule has 1 unspecified atom stereocenters. The average Bonchev–Trinajstić information content (AvgIpc) is 3.10. The van der Waals surface area contributed by atoms with Crippen molar-refractivity contribution in [3.63, 3.8) is 0 Å². The standard InChI is InChI=1S/C12H19N5O/c1-7(12(18)17(2)3)14-10-6-9(13)15-11(16-10)8-4-5-8/h6-8H,4-5H2,1-3H3,(H3,13,14,15,16). The lowest BCUT2D eigenvalue weighted by atomic mass is 10.3. The normalized spacial score (nSPS) is 16.2. The number of nitrogen functional groups attached to an aromatic ring is 1. The van der Waals surface area contributed by atoms with E-state index in [1.165, 1.54) is 0 Å². The second-order valence-electron chi connectivity index (χ2n) is 4.91. The Hall–Kier alpha value is -1.85. The van der Waals surface area contributed by atoms with Crippen LogP contribution in [0, 0.1) is 0 Å². The van der Waals surface area contributed by atoms with Crippen molar-refractivity contribution in [3.05, 3.63) is 11.9 Å². The van der Waals surface area contributed by atoms with Crippen LogP contribution in [0.1, 0.15) is 31.5 Å². The number of carbonyl (C=O) groups excluding carboxylic acids is 1. The number of nitrogens with two attached hydrogens (primary N) is 1. The average molecular weight is 249 g/mol. The summed E-state index contributed by atoms with van der Waals surface area (Å²) in [4.78, 5) is 21.9. The number of rotatable bonds is 4. The molecule has 0 bridgehead atoms. The molecule has 1 atom stereocenters. The van der Waals surface area contributed by atoms with Gasteiger partial charge in [0, 0.05) is 26.1 Å². The molecule has 6 nitrogen and oxygen atoms in total. The Morgan fingerprint density at radius 1 is 1.50 bits per heavy atom. The van der Waals surface area contributed by atoms with Crippen LogP contribution < -0.4 is 11.1 Å². The first kappa shape index (κ1) is 12.6. The van der Waals surface area contributed by atoms with Crippen LogP contribution in [0.4, 0.5) is 11.6 Å². The quantitative estimate of drug-likeness (QED) is 0.825. The van der Waals surface area contributed by atoms with Gasteiger partial charge >= 0.3 is 0 Å². The van der Waals surface area contributed by atoms with E-state index in [0.717, 1.165) is 18.7 Å². The zero-order chi connectivity index (χ0) is 13.3. The van der Waals surface area contributed by atoms with Crippen molar-refractivity contribution in [2.45, 2.75) is 31.7 Å². The third-order valence-electron chi connectivity index (χ3n) is 2.88. The number of hydrogen-bond donors (Lipinski definition) is 2. The van der Waals surface area contributed by atoms with Crippen LogP contribution in [-0.4, -0.2) is 40.9 Å². The summed E-state index contributed by atoms with van der Waals surface area (Å²) in [5.74, 6) is 2.28. The fraction of sp³-hybridized carbons (Fsp3) is 0.583. The number of carbonyl (C=O) groups is 1. The first-order valence-corrected chi connectivity index (χ1v) is 6.09. The van der Waals surface area contributed by atoms with E-state index in [1.807, 2.05) is 0 Å². The Balaban J connectivity index is 2.11. The summed E-state index contributed by atoms with van der Waals surface area (Å²) >= 11 is 0. The molecule has 6 heteroatoms. The van der Waals surface area contributed by atoms with Gasteiger partial charge in [0.1, 0.15) is 23.5 Å². The zero-order valence-corrected chi connectivity index (χ0v) is 11.0.